The van der Waals surface area contributed by atoms with Gasteiger partial charge in [-0.25, -0.2) is 0 Å². The number of hydrogen-bond acceptors (Lipinski definition) is 6. The second-order valence-electron chi connectivity index (χ2n) is 7.13. The zero-order valence-electron chi connectivity index (χ0n) is 16.9. The molecule has 2 aliphatic rings. The summed E-state index contributed by atoms with van der Waals surface area (Å²) in [5.74, 6) is 1.73. The fourth-order valence-corrected chi connectivity index (χ4v) is 4.00. The van der Waals surface area contributed by atoms with Crippen LogP contribution in [0, 0.1) is 0 Å². The van der Waals surface area contributed by atoms with Gasteiger partial charge in [0.2, 0.25) is 0 Å². The van der Waals surface area contributed by atoms with Gasteiger partial charge >= 0.3 is 0 Å². The van der Waals surface area contributed by atoms with E-state index < -0.39 is 6.17 Å². The van der Waals surface area contributed by atoms with Gasteiger partial charge in [0.1, 0.15) is 11.9 Å². The number of nitrogens with zero attached hydrogens (tertiary/aromatic N) is 1. The van der Waals surface area contributed by atoms with Crippen molar-refractivity contribution in [1.29, 1.82) is 0 Å². The molecule has 0 aliphatic carbocycles. The van der Waals surface area contributed by atoms with Crippen molar-refractivity contribution >= 4 is 11.6 Å². The predicted molar refractivity (Wildman–Crippen MR) is 109 cm³/mol. The summed E-state index contributed by atoms with van der Waals surface area (Å²) < 4.78 is 22.4. The van der Waals surface area contributed by atoms with Crippen molar-refractivity contribution in [3.05, 3.63) is 47.5 Å². The lowest BCUT2D eigenvalue weighted by Crippen LogP contribution is -2.46. The van der Waals surface area contributed by atoms with E-state index in [0.29, 0.717) is 29.4 Å². The lowest BCUT2D eigenvalue weighted by molar-refractivity contribution is 0.0424. The number of fused-ring (bicyclic) bond motifs is 1. The Morgan fingerprint density at radius 1 is 1.07 bits per heavy atom. The molecule has 154 valence electrons. The van der Waals surface area contributed by atoms with Gasteiger partial charge in [-0.15, -0.1) is 0 Å². The van der Waals surface area contributed by atoms with Gasteiger partial charge in [0.05, 0.1) is 33.0 Å². The molecule has 4 rings (SSSR count). The van der Waals surface area contributed by atoms with Crippen LogP contribution < -0.4 is 19.5 Å². The molecule has 1 N–H and O–H groups in total. The van der Waals surface area contributed by atoms with Crippen LogP contribution in [0.15, 0.2) is 36.4 Å². The Bertz CT molecular complexity index is 895. The van der Waals surface area contributed by atoms with Crippen LogP contribution in [-0.4, -0.2) is 51.4 Å². The zero-order valence-corrected chi connectivity index (χ0v) is 16.9. The third-order valence-electron chi connectivity index (χ3n) is 5.48. The maximum absolute atomic E-state index is 13.4. The van der Waals surface area contributed by atoms with Crippen LogP contribution >= 0.6 is 0 Å². The molecule has 2 aromatic rings. The summed E-state index contributed by atoms with van der Waals surface area (Å²) >= 11 is 0. The summed E-state index contributed by atoms with van der Waals surface area (Å²) in [4.78, 5) is 15.2. The van der Waals surface area contributed by atoms with Gasteiger partial charge < -0.3 is 29.2 Å². The molecule has 0 spiro atoms. The van der Waals surface area contributed by atoms with E-state index in [0.717, 1.165) is 30.7 Å². The van der Waals surface area contributed by atoms with Crippen molar-refractivity contribution in [3.8, 4) is 17.2 Å². The number of rotatable bonds is 6. The first-order chi connectivity index (χ1) is 14.2. The number of hydrogen-bond donors (Lipinski definition) is 1. The Labute approximate surface area is 170 Å². The maximum Gasteiger partial charge on any atom is 0.257 e. The zero-order chi connectivity index (χ0) is 20.4. The van der Waals surface area contributed by atoms with E-state index in [1.54, 1.807) is 27.4 Å². The fourth-order valence-electron chi connectivity index (χ4n) is 4.00. The molecule has 0 saturated carbocycles. The van der Waals surface area contributed by atoms with Gasteiger partial charge in [0.25, 0.3) is 5.91 Å². The highest BCUT2D eigenvalue weighted by Gasteiger charge is 2.37. The van der Waals surface area contributed by atoms with Crippen LogP contribution in [0.1, 0.15) is 34.9 Å². The van der Waals surface area contributed by atoms with Crippen LogP contribution in [0.2, 0.25) is 0 Å². The largest absolute Gasteiger partial charge is 0.496 e. The quantitative estimate of drug-likeness (QED) is 0.804. The standard InChI is InChI=1S/C22H26N2O5/c1-26-18-12-20(28-3)19(27-2)11-16(18)21-23-17-9-5-4-8-15(17)22(25)24(21)13-14-7-6-10-29-14/h4-5,8-9,11-12,14,21,23H,6-7,10,13H2,1-3H3/t14-,21-/m0/s1. The number of methoxy groups -OCH3 is 3. The molecular weight excluding hydrogens is 372 g/mol. The number of ether oxygens (including phenoxy) is 4. The molecule has 2 aromatic carbocycles. The molecule has 1 saturated heterocycles. The van der Waals surface area contributed by atoms with Crippen LogP contribution in [0.3, 0.4) is 0 Å². The van der Waals surface area contributed by atoms with E-state index in [9.17, 15) is 4.79 Å². The summed E-state index contributed by atoms with van der Waals surface area (Å²) in [5.41, 5.74) is 2.25. The molecule has 0 aromatic heterocycles. The topological polar surface area (TPSA) is 69.3 Å². The molecule has 7 nitrogen and oxygen atoms in total. The van der Waals surface area contributed by atoms with E-state index in [1.807, 2.05) is 35.2 Å². The van der Waals surface area contributed by atoms with Gasteiger partial charge in [0, 0.05) is 30.5 Å². The fraction of sp³-hybridized carbons (Fsp3) is 0.409. The van der Waals surface area contributed by atoms with E-state index in [1.165, 1.54) is 0 Å². The minimum absolute atomic E-state index is 0.0275. The highest BCUT2D eigenvalue weighted by Crippen LogP contribution is 2.42. The van der Waals surface area contributed by atoms with Gasteiger partial charge in [-0.3, -0.25) is 4.79 Å². The molecule has 2 heterocycles. The third kappa shape index (κ3) is 3.58. The first-order valence-corrected chi connectivity index (χ1v) is 9.74. The minimum Gasteiger partial charge on any atom is -0.496 e. The number of benzene rings is 2. The normalized spacial score (nSPS) is 20.8. The summed E-state index contributed by atoms with van der Waals surface area (Å²) in [6.45, 7) is 1.24. The lowest BCUT2D eigenvalue weighted by atomic mass is 10.0. The lowest BCUT2D eigenvalue weighted by Gasteiger charge is -2.39. The molecule has 1 fully saturated rings. The monoisotopic (exact) mass is 398 g/mol. The molecule has 29 heavy (non-hydrogen) atoms. The second kappa shape index (κ2) is 8.21. The first-order valence-electron chi connectivity index (χ1n) is 9.74. The summed E-state index contributed by atoms with van der Waals surface area (Å²) in [6, 6.07) is 11.2. The SMILES string of the molecule is COc1cc(OC)c([C@H]2Nc3ccccc3C(=O)N2C[C@@H]2CCCO2)cc1OC. The van der Waals surface area contributed by atoms with E-state index in [2.05, 4.69) is 5.32 Å². The van der Waals surface area contributed by atoms with Crippen LogP contribution in [0.4, 0.5) is 5.69 Å². The summed E-state index contributed by atoms with van der Waals surface area (Å²) in [5, 5.41) is 3.50. The van der Waals surface area contributed by atoms with E-state index in [4.69, 9.17) is 18.9 Å². The molecule has 7 heteroatoms. The van der Waals surface area contributed by atoms with Crippen molar-refractivity contribution in [2.75, 3.05) is 39.8 Å². The molecule has 0 bridgehead atoms. The number of para-hydroxylation sites is 1. The van der Waals surface area contributed by atoms with Crippen LogP contribution in [-0.2, 0) is 4.74 Å². The highest BCUT2D eigenvalue weighted by atomic mass is 16.5. The highest BCUT2D eigenvalue weighted by molar-refractivity contribution is 6.01. The Morgan fingerprint density at radius 3 is 2.48 bits per heavy atom. The Morgan fingerprint density at radius 2 is 1.79 bits per heavy atom. The van der Waals surface area contributed by atoms with Crippen molar-refractivity contribution in [2.24, 2.45) is 0 Å². The number of amides is 1. The van der Waals surface area contributed by atoms with Crippen molar-refractivity contribution in [3.63, 3.8) is 0 Å². The van der Waals surface area contributed by atoms with E-state index in [-0.39, 0.29) is 12.0 Å². The molecule has 2 atom stereocenters. The Hall–Kier alpha value is -2.93. The van der Waals surface area contributed by atoms with Crippen molar-refractivity contribution in [1.82, 2.24) is 4.90 Å². The Balaban J connectivity index is 1.79. The molecule has 0 radical (unpaired) electrons. The van der Waals surface area contributed by atoms with Crippen LogP contribution in [0.5, 0.6) is 17.2 Å². The number of anilines is 1. The molecule has 0 unspecified atom stereocenters. The van der Waals surface area contributed by atoms with Crippen molar-refractivity contribution in [2.45, 2.75) is 25.1 Å². The first kappa shape index (κ1) is 19.4. The number of nitrogens with one attached hydrogen (secondary N) is 1. The third-order valence-corrected chi connectivity index (χ3v) is 5.48. The average molecular weight is 398 g/mol. The second-order valence-corrected chi connectivity index (χ2v) is 7.13. The van der Waals surface area contributed by atoms with Gasteiger partial charge in [-0.1, -0.05) is 12.1 Å². The number of carbonyl (C=O) groups excluding carboxylic acids is 1. The van der Waals surface area contributed by atoms with Gasteiger partial charge in [-0.2, -0.15) is 0 Å². The minimum atomic E-state index is -0.420. The predicted octanol–water partition coefficient (Wildman–Crippen LogP) is 3.46. The Kier molecular flexibility index (Phi) is 5.49. The number of carbonyl (C=O) groups is 1. The average Bonchev–Trinajstić information content (AvgIpc) is 3.28. The van der Waals surface area contributed by atoms with Crippen LogP contribution in [0.25, 0.3) is 0 Å². The maximum atomic E-state index is 13.4. The molecular formula is C22H26N2O5. The summed E-state index contributed by atoms with van der Waals surface area (Å²) in [7, 11) is 4.78. The van der Waals surface area contributed by atoms with Gasteiger partial charge in [-0.05, 0) is 31.0 Å². The molecule has 1 amide bonds. The van der Waals surface area contributed by atoms with Crippen molar-refractivity contribution < 1.29 is 23.7 Å². The molecule has 2 aliphatic heterocycles. The summed E-state index contributed by atoms with van der Waals surface area (Å²) in [6.07, 6.45) is 1.57. The van der Waals surface area contributed by atoms with E-state index >= 15 is 0 Å². The smallest absolute Gasteiger partial charge is 0.257 e. The van der Waals surface area contributed by atoms with Gasteiger partial charge in [0.15, 0.2) is 11.5 Å².